The van der Waals surface area contributed by atoms with Gasteiger partial charge >= 0.3 is 0 Å². The van der Waals surface area contributed by atoms with Crippen LogP contribution in [-0.4, -0.2) is 20.1 Å². The first-order valence-corrected chi connectivity index (χ1v) is 8.56. The number of hydrogen-bond donors (Lipinski definition) is 2. The summed E-state index contributed by atoms with van der Waals surface area (Å²) in [6, 6.07) is 4.97. The topological polar surface area (TPSA) is 66.4 Å². The summed E-state index contributed by atoms with van der Waals surface area (Å²) < 4.78 is 27.1. The van der Waals surface area contributed by atoms with Crippen LogP contribution in [0.1, 0.15) is 44.2 Å². The molecule has 0 atom stereocenters. The monoisotopic (exact) mass is 299 g/mol. The van der Waals surface area contributed by atoms with E-state index in [2.05, 4.69) is 18.6 Å². The molecule has 0 amide bonds. The molecule has 114 valence electrons. The average molecular weight is 299 g/mol. The Morgan fingerprint density at radius 3 is 2.55 bits per heavy atom. The van der Waals surface area contributed by atoms with Crippen LogP contribution in [0.5, 0.6) is 0 Å². The third-order valence-corrected chi connectivity index (χ3v) is 4.96. The smallest absolute Gasteiger partial charge is 0.240 e. The molecule has 5 heteroatoms. The molecule has 0 unspecified atom stereocenters. The maximum atomic E-state index is 12.2. The van der Waals surface area contributed by atoms with Gasteiger partial charge in [0, 0.05) is 6.54 Å². The van der Waals surface area contributed by atoms with Crippen LogP contribution >= 0.6 is 0 Å². The van der Waals surface area contributed by atoms with Crippen LogP contribution in [0.3, 0.4) is 0 Å². The lowest BCUT2D eigenvalue weighted by Gasteiger charge is -2.12. The first-order chi connectivity index (χ1) is 9.38. The van der Waals surface area contributed by atoms with Crippen molar-refractivity contribution in [3.05, 3.63) is 29.3 Å². The lowest BCUT2D eigenvalue weighted by atomic mass is 10.1. The Balaban J connectivity index is 2.65. The zero-order valence-electron chi connectivity index (χ0n) is 12.5. The van der Waals surface area contributed by atoms with Gasteiger partial charge in [0.05, 0.1) is 11.5 Å². The molecule has 2 N–H and O–H groups in total. The van der Waals surface area contributed by atoms with Gasteiger partial charge in [0.15, 0.2) is 0 Å². The lowest BCUT2D eigenvalue weighted by molar-refractivity contribution is 0.280. The minimum absolute atomic E-state index is 0.149. The molecular formula is C15H25NO3S. The van der Waals surface area contributed by atoms with Gasteiger partial charge in [0.1, 0.15) is 0 Å². The Morgan fingerprint density at radius 1 is 1.25 bits per heavy atom. The van der Waals surface area contributed by atoms with Gasteiger partial charge in [0.2, 0.25) is 10.0 Å². The van der Waals surface area contributed by atoms with Gasteiger partial charge in [-0.3, -0.25) is 0 Å². The average Bonchev–Trinajstić information content (AvgIpc) is 2.38. The molecule has 0 spiro atoms. The van der Waals surface area contributed by atoms with Crippen LogP contribution in [0.2, 0.25) is 0 Å². The molecule has 0 bridgehead atoms. The number of hydrogen-bond acceptors (Lipinski definition) is 3. The Bertz CT molecular complexity index is 524. The Morgan fingerprint density at radius 2 is 1.95 bits per heavy atom. The van der Waals surface area contributed by atoms with Gasteiger partial charge in [-0.25, -0.2) is 13.1 Å². The van der Waals surface area contributed by atoms with Gasteiger partial charge in [-0.05, 0) is 36.5 Å². The van der Waals surface area contributed by atoms with Gasteiger partial charge in [0.25, 0.3) is 0 Å². The van der Waals surface area contributed by atoms with Crippen molar-refractivity contribution in [2.45, 2.75) is 51.5 Å². The number of aliphatic hydroxyl groups excluding tert-OH is 1. The van der Waals surface area contributed by atoms with E-state index in [9.17, 15) is 13.5 Å². The summed E-state index contributed by atoms with van der Waals surface area (Å²) in [4.78, 5) is 0.257. The molecule has 0 saturated heterocycles. The molecule has 0 saturated carbocycles. The summed E-state index contributed by atoms with van der Waals surface area (Å²) in [6.45, 7) is 6.35. The van der Waals surface area contributed by atoms with E-state index >= 15 is 0 Å². The predicted molar refractivity (Wildman–Crippen MR) is 81.0 cm³/mol. The number of rotatable bonds is 8. The highest BCUT2D eigenvalue weighted by Crippen LogP contribution is 2.18. The highest BCUT2D eigenvalue weighted by Gasteiger charge is 2.17. The van der Waals surface area contributed by atoms with Crippen LogP contribution < -0.4 is 4.72 Å². The van der Waals surface area contributed by atoms with E-state index in [1.165, 1.54) is 0 Å². The van der Waals surface area contributed by atoms with Gasteiger partial charge in [-0.2, -0.15) is 0 Å². The summed E-state index contributed by atoms with van der Waals surface area (Å²) in [5.74, 6) is 0.648. The van der Waals surface area contributed by atoms with Crippen molar-refractivity contribution in [1.29, 1.82) is 0 Å². The molecule has 4 nitrogen and oxygen atoms in total. The molecule has 1 aromatic carbocycles. The van der Waals surface area contributed by atoms with Crippen LogP contribution in [0.15, 0.2) is 23.1 Å². The second kappa shape index (κ2) is 7.76. The second-order valence-corrected chi connectivity index (χ2v) is 7.22. The minimum atomic E-state index is -3.49. The van der Waals surface area contributed by atoms with Crippen LogP contribution in [0.4, 0.5) is 0 Å². The van der Waals surface area contributed by atoms with E-state index in [1.54, 1.807) is 25.1 Å². The SMILES string of the molecule is Cc1c(CO)cccc1S(=O)(=O)NCCCCC(C)C. The Labute approximate surface area is 122 Å². The minimum Gasteiger partial charge on any atom is -0.392 e. The van der Waals surface area contributed by atoms with Crippen molar-refractivity contribution in [3.8, 4) is 0 Å². The molecule has 0 aromatic heterocycles. The molecular weight excluding hydrogens is 274 g/mol. The van der Waals surface area contributed by atoms with E-state index < -0.39 is 10.0 Å². The van der Waals surface area contributed by atoms with Crippen LogP contribution in [-0.2, 0) is 16.6 Å². The molecule has 1 aromatic rings. The first-order valence-electron chi connectivity index (χ1n) is 7.07. The number of aliphatic hydroxyl groups is 1. The first kappa shape index (κ1) is 17.1. The molecule has 0 heterocycles. The highest BCUT2D eigenvalue weighted by molar-refractivity contribution is 7.89. The fourth-order valence-corrected chi connectivity index (χ4v) is 3.44. The number of sulfonamides is 1. The number of benzene rings is 1. The predicted octanol–water partition coefficient (Wildman–Crippen LogP) is 2.59. The van der Waals surface area contributed by atoms with Gasteiger partial charge in [-0.1, -0.05) is 38.8 Å². The lowest BCUT2D eigenvalue weighted by Crippen LogP contribution is -2.25. The van der Waals surface area contributed by atoms with Crippen LogP contribution in [0.25, 0.3) is 0 Å². The quantitative estimate of drug-likeness (QED) is 0.725. The van der Waals surface area contributed by atoms with Crippen molar-refractivity contribution >= 4 is 10.0 Å². The van der Waals surface area contributed by atoms with Crippen molar-refractivity contribution in [2.75, 3.05) is 6.54 Å². The third-order valence-electron chi connectivity index (χ3n) is 3.36. The molecule has 0 radical (unpaired) electrons. The Hall–Kier alpha value is -0.910. The molecule has 0 aliphatic heterocycles. The zero-order chi connectivity index (χ0) is 15.2. The molecule has 0 aliphatic carbocycles. The zero-order valence-corrected chi connectivity index (χ0v) is 13.3. The molecule has 0 aliphatic rings. The van der Waals surface area contributed by atoms with Crippen LogP contribution in [0, 0.1) is 12.8 Å². The summed E-state index contributed by atoms with van der Waals surface area (Å²) >= 11 is 0. The summed E-state index contributed by atoms with van der Waals surface area (Å²) in [6.07, 6.45) is 2.98. The number of unbranched alkanes of at least 4 members (excludes halogenated alkanes) is 1. The highest BCUT2D eigenvalue weighted by atomic mass is 32.2. The fraction of sp³-hybridized carbons (Fsp3) is 0.600. The maximum absolute atomic E-state index is 12.2. The molecule has 20 heavy (non-hydrogen) atoms. The van der Waals surface area contributed by atoms with E-state index in [-0.39, 0.29) is 11.5 Å². The van der Waals surface area contributed by atoms with E-state index in [4.69, 9.17) is 0 Å². The summed E-state index contributed by atoms with van der Waals surface area (Å²) in [5, 5.41) is 9.19. The standard InChI is InChI=1S/C15H25NO3S/c1-12(2)7-4-5-10-16-20(18,19)15-9-6-8-14(11-17)13(15)3/h6,8-9,12,16-17H,4-5,7,10-11H2,1-3H3. The second-order valence-electron chi connectivity index (χ2n) is 5.49. The van der Waals surface area contributed by atoms with E-state index in [0.717, 1.165) is 19.3 Å². The molecule has 0 fully saturated rings. The summed E-state index contributed by atoms with van der Waals surface area (Å²) in [5.41, 5.74) is 1.26. The van der Waals surface area contributed by atoms with Crippen molar-refractivity contribution in [2.24, 2.45) is 5.92 Å². The largest absolute Gasteiger partial charge is 0.392 e. The van der Waals surface area contributed by atoms with Gasteiger partial charge < -0.3 is 5.11 Å². The fourth-order valence-electron chi connectivity index (χ4n) is 2.08. The van der Waals surface area contributed by atoms with Crippen molar-refractivity contribution in [3.63, 3.8) is 0 Å². The van der Waals surface area contributed by atoms with E-state index in [0.29, 0.717) is 23.6 Å². The third kappa shape index (κ3) is 4.89. The van der Waals surface area contributed by atoms with E-state index in [1.807, 2.05) is 0 Å². The molecule has 1 rings (SSSR count). The van der Waals surface area contributed by atoms with Crippen molar-refractivity contribution < 1.29 is 13.5 Å². The normalized spacial score (nSPS) is 12.1. The maximum Gasteiger partial charge on any atom is 0.240 e. The summed E-state index contributed by atoms with van der Waals surface area (Å²) in [7, 11) is -3.49. The number of nitrogens with one attached hydrogen (secondary N) is 1. The van der Waals surface area contributed by atoms with Gasteiger partial charge in [-0.15, -0.1) is 0 Å². The van der Waals surface area contributed by atoms with Crippen molar-refractivity contribution in [1.82, 2.24) is 4.72 Å². The Kier molecular flexibility index (Phi) is 6.65.